The molecule has 84 valence electrons. The van der Waals surface area contributed by atoms with Crippen molar-refractivity contribution in [3.8, 4) is 0 Å². The molecule has 3 nitrogen and oxygen atoms in total. The first kappa shape index (κ1) is 11.5. The van der Waals surface area contributed by atoms with Gasteiger partial charge < -0.3 is 4.74 Å². The average Bonchev–Trinajstić information content (AvgIpc) is 2.68. The highest BCUT2D eigenvalue weighted by atomic mass is 32.2. The Kier molecular flexibility index (Phi) is 3.56. The highest BCUT2D eigenvalue weighted by Crippen LogP contribution is 2.40. The van der Waals surface area contributed by atoms with Gasteiger partial charge in [-0.3, -0.25) is 4.79 Å². The second-order valence-corrected chi connectivity index (χ2v) is 4.88. The lowest BCUT2D eigenvalue weighted by molar-refractivity contribution is -0.132. The predicted octanol–water partition coefficient (Wildman–Crippen LogP) is 2.53. The van der Waals surface area contributed by atoms with Crippen LogP contribution >= 0.6 is 24.6 Å². The zero-order chi connectivity index (χ0) is 11.5. The third-order valence-corrected chi connectivity index (χ3v) is 3.76. The summed E-state index contributed by atoms with van der Waals surface area (Å²) in [5, 5.41) is 0.376. The normalized spacial score (nSPS) is 27.6. The van der Waals surface area contributed by atoms with E-state index in [0.717, 1.165) is 4.91 Å². The number of allylic oxidation sites excluding steroid dienone is 4. The molecule has 1 aliphatic carbocycles. The molecule has 2 atom stereocenters. The smallest absolute Gasteiger partial charge is 0.309 e. The van der Waals surface area contributed by atoms with Gasteiger partial charge in [0.1, 0.15) is 0 Å². The van der Waals surface area contributed by atoms with Gasteiger partial charge >= 0.3 is 5.97 Å². The second-order valence-electron chi connectivity index (χ2n) is 3.46. The Hall–Kier alpha value is -0.940. The molecule has 0 saturated heterocycles. The van der Waals surface area contributed by atoms with Crippen LogP contribution in [0.5, 0.6) is 0 Å². The maximum atomic E-state index is 10.9. The lowest BCUT2D eigenvalue weighted by Gasteiger charge is -2.12. The fourth-order valence-corrected chi connectivity index (χ4v) is 3.04. The number of thiol groups is 1. The standard InChI is InChI=1S/C11H11NO2S2/c1-7(13)14-11(12-15)10-6-8-4-2-3-5-9(8)16-10/h2-6,8-9,15H,1H3/b12-11-. The van der Waals surface area contributed by atoms with Crippen molar-refractivity contribution in [2.45, 2.75) is 12.2 Å². The van der Waals surface area contributed by atoms with Gasteiger partial charge in [0, 0.05) is 18.1 Å². The van der Waals surface area contributed by atoms with Crippen LogP contribution in [0.2, 0.25) is 0 Å². The minimum absolute atomic E-state index is 0.289. The van der Waals surface area contributed by atoms with Crippen molar-refractivity contribution >= 4 is 36.4 Å². The van der Waals surface area contributed by atoms with Gasteiger partial charge in [0.25, 0.3) is 0 Å². The van der Waals surface area contributed by atoms with Gasteiger partial charge in [-0.2, -0.15) is 4.40 Å². The number of hydrogen-bond acceptors (Lipinski definition) is 5. The Labute approximate surface area is 104 Å². The monoisotopic (exact) mass is 253 g/mol. The van der Waals surface area contributed by atoms with E-state index in [1.54, 1.807) is 11.8 Å². The van der Waals surface area contributed by atoms with Crippen molar-refractivity contribution in [1.82, 2.24) is 0 Å². The molecule has 0 aromatic carbocycles. The molecule has 0 fully saturated rings. The van der Waals surface area contributed by atoms with E-state index in [4.69, 9.17) is 4.74 Å². The minimum atomic E-state index is -0.379. The van der Waals surface area contributed by atoms with Gasteiger partial charge in [-0.15, -0.1) is 11.8 Å². The fourth-order valence-electron chi connectivity index (χ4n) is 1.61. The highest BCUT2D eigenvalue weighted by molar-refractivity contribution is 8.05. The summed E-state index contributed by atoms with van der Waals surface area (Å²) in [6.07, 6.45) is 10.3. The van der Waals surface area contributed by atoms with Crippen LogP contribution in [0.1, 0.15) is 6.92 Å². The summed E-state index contributed by atoms with van der Waals surface area (Å²) in [5.74, 6) is 0.262. The molecule has 0 aromatic rings. The van der Waals surface area contributed by atoms with E-state index in [9.17, 15) is 4.79 Å². The highest BCUT2D eigenvalue weighted by Gasteiger charge is 2.29. The van der Waals surface area contributed by atoms with Gasteiger partial charge in [-0.25, -0.2) is 0 Å². The zero-order valence-electron chi connectivity index (χ0n) is 8.66. The van der Waals surface area contributed by atoms with Crippen molar-refractivity contribution in [3.05, 3.63) is 35.3 Å². The van der Waals surface area contributed by atoms with Crippen LogP contribution in [-0.2, 0) is 9.53 Å². The fraction of sp³-hybridized carbons (Fsp3) is 0.273. The minimum Gasteiger partial charge on any atom is -0.406 e. The van der Waals surface area contributed by atoms with Crippen LogP contribution in [0.3, 0.4) is 0 Å². The number of carbonyl (C=O) groups is 1. The van der Waals surface area contributed by atoms with Crippen LogP contribution in [0.25, 0.3) is 0 Å². The second kappa shape index (κ2) is 4.93. The van der Waals surface area contributed by atoms with Gasteiger partial charge in [-0.1, -0.05) is 30.4 Å². The Bertz CT molecular complexity index is 424. The number of ether oxygens (including phenoxy) is 1. The third-order valence-electron chi connectivity index (χ3n) is 2.27. The number of rotatable bonds is 1. The summed E-state index contributed by atoms with van der Waals surface area (Å²) >= 11 is 5.45. The van der Waals surface area contributed by atoms with Crippen molar-refractivity contribution < 1.29 is 9.53 Å². The molecule has 1 heterocycles. The first-order chi connectivity index (χ1) is 7.70. The Balaban J connectivity index is 2.14. The van der Waals surface area contributed by atoms with E-state index in [-0.39, 0.29) is 11.9 Å². The molecule has 0 bridgehead atoms. The molecule has 0 spiro atoms. The van der Waals surface area contributed by atoms with Gasteiger partial charge in [0.05, 0.1) is 4.91 Å². The third kappa shape index (κ3) is 2.41. The number of carbonyl (C=O) groups excluding carboxylic acids is 1. The molecular formula is C11H11NO2S2. The number of esters is 1. The van der Waals surface area contributed by atoms with Gasteiger partial charge in [0.2, 0.25) is 5.90 Å². The summed E-state index contributed by atoms with van der Waals surface area (Å²) in [6, 6.07) is 0. The van der Waals surface area contributed by atoms with Crippen molar-refractivity contribution in [3.63, 3.8) is 0 Å². The predicted molar refractivity (Wildman–Crippen MR) is 69.4 cm³/mol. The number of nitrogens with zero attached hydrogens (tertiary/aromatic N) is 1. The van der Waals surface area contributed by atoms with Crippen LogP contribution in [0.15, 0.2) is 39.7 Å². The summed E-state index contributed by atoms with van der Waals surface area (Å²) in [4.78, 5) is 11.8. The summed E-state index contributed by atoms with van der Waals surface area (Å²) in [5.41, 5.74) is 0. The molecule has 2 aliphatic rings. The van der Waals surface area contributed by atoms with Crippen LogP contribution < -0.4 is 0 Å². The maximum Gasteiger partial charge on any atom is 0.309 e. The number of thioether (sulfide) groups is 1. The largest absolute Gasteiger partial charge is 0.406 e. The molecule has 0 radical (unpaired) electrons. The molecule has 1 aliphatic heterocycles. The number of fused-ring (bicyclic) bond motifs is 1. The van der Waals surface area contributed by atoms with Crippen LogP contribution in [0.4, 0.5) is 0 Å². The Morgan fingerprint density at radius 2 is 2.25 bits per heavy atom. The van der Waals surface area contributed by atoms with E-state index in [1.165, 1.54) is 6.92 Å². The van der Waals surface area contributed by atoms with E-state index in [1.807, 2.05) is 18.2 Å². The molecule has 5 heteroatoms. The Morgan fingerprint density at radius 3 is 2.88 bits per heavy atom. The molecule has 0 amide bonds. The first-order valence-corrected chi connectivity index (χ1v) is 6.13. The van der Waals surface area contributed by atoms with E-state index in [0.29, 0.717) is 11.2 Å². The lowest BCUT2D eigenvalue weighted by Crippen LogP contribution is -2.09. The Morgan fingerprint density at radius 1 is 1.50 bits per heavy atom. The molecule has 0 N–H and O–H groups in total. The summed E-state index contributed by atoms with van der Waals surface area (Å²) < 4.78 is 8.69. The molecule has 0 saturated carbocycles. The number of hydrogen-bond donors (Lipinski definition) is 1. The van der Waals surface area contributed by atoms with Crippen molar-refractivity contribution in [2.75, 3.05) is 0 Å². The van der Waals surface area contributed by atoms with E-state index in [2.05, 4.69) is 29.4 Å². The first-order valence-electron chi connectivity index (χ1n) is 4.85. The molecular weight excluding hydrogens is 242 g/mol. The van der Waals surface area contributed by atoms with E-state index >= 15 is 0 Å². The topological polar surface area (TPSA) is 38.7 Å². The molecule has 2 rings (SSSR count). The van der Waals surface area contributed by atoms with Gasteiger partial charge in [0.15, 0.2) is 0 Å². The summed E-state index contributed by atoms with van der Waals surface area (Å²) in [6.45, 7) is 1.35. The quantitative estimate of drug-likeness (QED) is 0.338. The van der Waals surface area contributed by atoms with Crippen molar-refractivity contribution in [1.29, 1.82) is 0 Å². The molecule has 0 aromatic heterocycles. The van der Waals surface area contributed by atoms with E-state index < -0.39 is 0 Å². The maximum absolute atomic E-state index is 10.9. The van der Waals surface area contributed by atoms with Gasteiger partial charge in [-0.05, 0) is 12.8 Å². The summed E-state index contributed by atoms with van der Waals surface area (Å²) in [7, 11) is 0. The van der Waals surface area contributed by atoms with Crippen molar-refractivity contribution in [2.24, 2.45) is 10.3 Å². The molecule has 2 unspecified atom stereocenters. The van der Waals surface area contributed by atoms with Crippen LogP contribution in [-0.4, -0.2) is 17.1 Å². The SMILES string of the molecule is CC(=O)O/C(=N\S)C1=CC2C=CC=CC2S1. The van der Waals surface area contributed by atoms with Crippen LogP contribution in [0, 0.1) is 5.92 Å². The molecule has 16 heavy (non-hydrogen) atoms. The lowest BCUT2D eigenvalue weighted by atomic mass is 10.0. The average molecular weight is 253 g/mol. The zero-order valence-corrected chi connectivity index (χ0v) is 10.4.